The molecular formula is C13H25N3O3S. The molecule has 0 aromatic carbocycles. The first kappa shape index (κ1) is 15.7. The molecule has 0 saturated carbocycles. The van der Waals surface area contributed by atoms with Crippen LogP contribution in [-0.4, -0.2) is 68.6 Å². The number of hydrogen-bond donors (Lipinski definition) is 1. The molecule has 7 heteroatoms. The van der Waals surface area contributed by atoms with E-state index in [-0.39, 0.29) is 11.7 Å². The highest BCUT2D eigenvalue weighted by Crippen LogP contribution is 2.16. The first-order valence-electron chi connectivity index (χ1n) is 7.49. The smallest absolute Gasteiger partial charge is 0.222 e. The van der Waals surface area contributed by atoms with Crippen LogP contribution in [0.2, 0.25) is 0 Å². The monoisotopic (exact) mass is 303 g/mol. The van der Waals surface area contributed by atoms with Crippen molar-refractivity contribution in [3.05, 3.63) is 0 Å². The molecule has 2 heterocycles. The maximum absolute atomic E-state index is 12.2. The van der Waals surface area contributed by atoms with E-state index in [1.165, 1.54) is 4.31 Å². The van der Waals surface area contributed by atoms with Crippen molar-refractivity contribution < 1.29 is 13.2 Å². The van der Waals surface area contributed by atoms with Gasteiger partial charge in [0.25, 0.3) is 0 Å². The van der Waals surface area contributed by atoms with Gasteiger partial charge in [-0.15, -0.1) is 0 Å². The van der Waals surface area contributed by atoms with E-state index in [0.29, 0.717) is 44.9 Å². The highest BCUT2D eigenvalue weighted by atomic mass is 32.2. The lowest BCUT2D eigenvalue weighted by molar-refractivity contribution is -0.133. The predicted molar refractivity (Wildman–Crippen MR) is 77.8 cm³/mol. The van der Waals surface area contributed by atoms with Crippen molar-refractivity contribution in [1.29, 1.82) is 0 Å². The van der Waals surface area contributed by atoms with E-state index in [4.69, 9.17) is 0 Å². The van der Waals surface area contributed by atoms with Crippen molar-refractivity contribution in [3.8, 4) is 0 Å². The first-order chi connectivity index (χ1) is 9.53. The Morgan fingerprint density at radius 1 is 1.25 bits per heavy atom. The third-order valence-electron chi connectivity index (χ3n) is 4.07. The average molecular weight is 303 g/mol. The molecule has 0 aromatic rings. The van der Waals surface area contributed by atoms with Crippen LogP contribution in [0, 0.1) is 5.92 Å². The van der Waals surface area contributed by atoms with Gasteiger partial charge in [0.1, 0.15) is 0 Å². The highest BCUT2D eigenvalue weighted by Gasteiger charge is 2.29. The highest BCUT2D eigenvalue weighted by molar-refractivity contribution is 7.89. The zero-order chi connectivity index (χ0) is 14.6. The third kappa shape index (κ3) is 3.93. The van der Waals surface area contributed by atoms with Gasteiger partial charge in [0.05, 0.1) is 5.75 Å². The number of piperazine rings is 1. The summed E-state index contributed by atoms with van der Waals surface area (Å²) in [4.78, 5) is 14.0. The lowest BCUT2D eigenvalue weighted by Crippen LogP contribution is -2.51. The molecular weight excluding hydrogens is 278 g/mol. The minimum atomic E-state index is -3.12. The molecule has 0 spiro atoms. The maximum atomic E-state index is 12.2. The molecule has 20 heavy (non-hydrogen) atoms. The number of carbonyl (C=O) groups excluding carboxylic acids is 1. The number of amides is 1. The van der Waals surface area contributed by atoms with Crippen LogP contribution in [0.1, 0.15) is 26.2 Å². The molecule has 0 aliphatic carbocycles. The summed E-state index contributed by atoms with van der Waals surface area (Å²) in [5, 5.41) is 3.26. The van der Waals surface area contributed by atoms with Gasteiger partial charge in [-0.05, 0) is 31.8 Å². The second-order valence-electron chi connectivity index (χ2n) is 5.66. The number of sulfonamides is 1. The van der Waals surface area contributed by atoms with E-state index >= 15 is 0 Å². The number of carbonyl (C=O) groups is 1. The molecule has 0 radical (unpaired) electrons. The van der Waals surface area contributed by atoms with Crippen LogP contribution in [0.15, 0.2) is 0 Å². The van der Waals surface area contributed by atoms with Crippen molar-refractivity contribution in [2.75, 3.05) is 45.0 Å². The number of hydrogen-bond acceptors (Lipinski definition) is 4. The topological polar surface area (TPSA) is 69.7 Å². The average Bonchev–Trinajstić information content (AvgIpc) is 2.91. The predicted octanol–water partition coefficient (Wildman–Crippen LogP) is -0.130. The second kappa shape index (κ2) is 6.87. The lowest BCUT2D eigenvalue weighted by Gasteiger charge is -2.34. The van der Waals surface area contributed by atoms with Gasteiger partial charge in [-0.3, -0.25) is 4.79 Å². The van der Waals surface area contributed by atoms with Crippen LogP contribution >= 0.6 is 0 Å². The maximum Gasteiger partial charge on any atom is 0.222 e. The van der Waals surface area contributed by atoms with Crippen molar-refractivity contribution >= 4 is 15.9 Å². The fraction of sp³-hybridized carbons (Fsp3) is 0.923. The van der Waals surface area contributed by atoms with Crippen LogP contribution < -0.4 is 5.32 Å². The Morgan fingerprint density at radius 2 is 1.95 bits per heavy atom. The van der Waals surface area contributed by atoms with Gasteiger partial charge in [-0.25, -0.2) is 8.42 Å². The van der Waals surface area contributed by atoms with E-state index in [9.17, 15) is 13.2 Å². The zero-order valence-corrected chi connectivity index (χ0v) is 13.0. The fourth-order valence-electron chi connectivity index (χ4n) is 2.87. The molecule has 1 amide bonds. The molecule has 6 nitrogen and oxygen atoms in total. The summed E-state index contributed by atoms with van der Waals surface area (Å²) in [6, 6.07) is 0. The Bertz CT molecular complexity index is 424. The van der Waals surface area contributed by atoms with Crippen LogP contribution in [0.4, 0.5) is 0 Å². The van der Waals surface area contributed by atoms with Gasteiger partial charge in [0.15, 0.2) is 0 Å². The number of nitrogens with one attached hydrogen (secondary N) is 1. The number of rotatable bonds is 5. The summed E-state index contributed by atoms with van der Waals surface area (Å²) < 4.78 is 25.4. The molecule has 2 aliphatic heterocycles. The first-order valence-corrected chi connectivity index (χ1v) is 9.10. The van der Waals surface area contributed by atoms with Crippen LogP contribution in [0.25, 0.3) is 0 Å². The SMILES string of the molecule is CCCS(=O)(=O)N1CCN(C(=O)CC2CCNC2)CC1. The van der Waals surface area contributed by atoms with E-state index in [1.807, 2.05) is 11.8 Å². The van der Waals surface area contributed by atoms with Crippen molar-refractivity contribution in [3.63, 3.8) is 0 Å². The molecule has 2 aliphatic rings. The summed E-state index contributed by atoms with van der Waals surface area (Å²) in [7, 11) is -3.12. The van der Waals surface area contributed by atoms with Crippen molar-refractivity contribution in [2.24, 2.45) is 5.92 Å². The summed E-state index contributed by atoms with van der Waals surface area (Å²) in [6.45, 7) is 5.74. The van der Waals surface area contributed by atoms with Gasteiger partial charge < -0.3 is 10.2 Å². The summed E-state index contributed by atoms with van der Waals surface area (Å²) in [5.41, 5.74) is 0. The van der Waals surface area contributed by atoms with Crippen LogP contribution in [-0.2, 0) is 14.8 Å². The quantitative estimate of drug-likeness (QED) is 0.768. The second-order valence-corrected chi connectivity index (χ2v) is 7.75. The molecule has 0 aromatic heterocycles. The molecule has 0 bridgehead atoms. The molecule has 2 fully saturated rings. The van der Waals surface area contributed by atoms with Crippen molar-refractivity contribution in [1.82, 2.24) is 14.5 Å². The standard InChI is InChI=1S/C13H25N3O3S/c1-2-9-20(18,19)16-7-5-15(6-8-16)13(17)10-12-3-4-14-11-12/h12,14H,2-11H2,1H3. The molecule has 2 saturated heterocycles. The third-order valence-corrected chi connectivity index (χ3v) is 6.15. The number of nitrogens with zero attached hydrogens (tertiary/aromatic N) is 2. The fourth-order valence-corrected chi connectivity index (χ4v) is 4.36. The normalized spacial score (nSPS) is 25.1. The molecule has 1 N–H and O–H groups in total. The van der Waals surface area contributed by atoms with Crippen molar-refractivity contribution in [2.45, 2.75) is 26.2 Å². The van der Waals surface area contributed by atoms with Gasteiger partial charge in [-0.2, -0.15) is 4.31 Å². The molecule has 116 valence electrons. The zero-order valence-electron chi connectivity index (χ0n) is 12.2. The summed E-state index contributed by atoms with van der Waals surface area (Å²) in [6.07, 6.45) is 2.29. The van der Waals surface area contributed by atoms with E-state index in [1.54, 1.807) is 0 Å². The van der Waals surface area contributed by atoms with Gasteiger partial charge in [-0.1, -0.05) is 6.92 Å². The van der Waals surface area contributed by atoms with Gasteiger partial charge in [0.2, 0.25) is 15.9 Å². The van der Waals surface area contributed by atoms with Crippen LogP contribution in [0.3, 0.4) is 0 Å². The van der Waals surface area contributed by atoms with Crippen LogP contribution in [0.5, 0.6) is 0 Å². The minimum absolute atomic E-state index is 0.172. The van der Waals surface area contributed by atoms with E-state index in [0.717, 1.165) is 19.5 Å². The Kier molecular flexibility index (Phi) is 5.40. The van der Waals surface area contributed by atoms with E-state index in [2.05, 4.69) is 5.32 Å². The summed E-state index contributed by atoms with van der Waals surface area (Å²) >= 11 is 0. The molecule has 1 atom stereocenters. The largest absolute Gasteiger partial charge is 0.340 e. The molecule has 1 unspecified atom stereocenters. The molecule has 2 rings (SSSR count). The van der Waals surface area contributed by atoms with Gasteiger partial charge in [0, 0.05) is 32.6 Å². The Hall–Kier alpha value is -0.660. The van der Waals surface area contributed by atoms with Gasteiger partial charge >= 0.3 is 0 Å². The minimum Gasteiger partial charge on any atom is -0.340 e. The summed E-state index contributed by atoms with van der Waals surface area (Å²) in [5.74, 6) is 0.824. The Labute approximate surface area is 121 Å². The van der Waals surface area contributed by atoms with E-state index < -0.39 is 10.0 Å². The Morgan fingerprint density at radius 3 is 2.50 bits per heavy atom. The Balaban J connectivity index is 1.80. The lowest BCUT2D eigenvalue weighted by atomic mass is 10.0.